The van der Waals surface area contributed by atoms with E-state index >= 15 is 0 Å². The van der Waals surface area contributed by atoms with Crippen molar-refractivity contribution in [3.05, 3.63) is 107 Å². The van der Waals surface area contributed by atoms with Crippen molar-refractivity contribution in [2.45, 2.75) is 45.9 Å². The number of carbonyl (C=O) groups excluding carboxylic acids is 1. The van der Waals surface area contributed by atoms with Gasteiger partial charge in [-0.15, -0.1) is 0 Å². The molecule has 216 valence electrons. The number of aliphatic hydroxyl groups is 1. The molecule has 1 N–H and O–H groups in total. The number of nitrogens with zero attached hydrogens (tertiary/aromatic N) is 4. The summed E-state index contributed by atoms with van der Waals surface area (Å²) in [7, 11) is 1.71. The summed E-state index contributed by atoms with van der Waals surface area (Å²) in [6.45, 7) is 5.89. The highest BCUT2D eigenvalue weighted by molar-refractivity contribution is 5.95. The molecule has 0 unspecified atom stereocenters. The highest BCUT2D eigenvalue weighted by Gasteiger charge is 2.30. The van der Waals surface area contributed by atoms with Gasteiger partial charge in [0.25, 0.3) is 5.91 Å². The molecule has 0 atom stereocenters. The van der Waals surface area contributed by atoms with Gasteiger partial charge < -0.3 is 14.7 Å². The van der Waals surface area contributed by atoms with Gasteiger partial charge in [0.1, 0.15) is 5.75 Å². The van der Waals surface area contributed by atoms with E-state index in [1.807, 2.05) is 33.8 Å². The number of hydrogen-bond acceptors (Lipinski definition) is 5. The van der Waals surface area contributed by atoms with E-state index in [0.717, 1.165) is 53.9 Å². The average molecular weight is 563 g/mol. The Hall–Kier alpha value is -4.20. The summed E-state index contributed by atoms with van der Waals surface area (Å²) in [6.07, 6.45) is 1.63. The fourth-order valence-corrected chi connectivity index (χ4v) is 6.33. The Morgan fingerprint density at radius 2 is 1.71 bits per heavy atom. The first-order valence-electron chi connectivity index (χ1n) is 14.8. The molecule has 7 heteroatoms. The lowest BCUT2D eigenvalue weighted by molar-refractivity contribution is 0.0734. The van der Waals surface area contributed by atoms with E-state index in [2.05, 4.69) is 66.4 Å². The smallest absolute Gasteiger partial charge is 0.275 e. The number of carbonyl (C=O) groups is 1. The third kappa shape index (κ3) is 5.38. The zero-order chi connectivity index (χ0) is 29.1. The molecule has 1 aliphatic heterocycles. The van der Waals surface area contributed by atoms with Gasteiger partial charge >= 0.3 is 0 Å². The maximum absolute atomic E-state index is 14.2. The van der Waals surface area contributed by atoms with E-state index in [1.165, 1.54) is 21.7 Å². The fourth-order valence-electron chi connectivity index (χ4n) is 6.33. The first-order chi connectivity index (χ1) is 20.6. The number of benzene rings is 4. The molecule has 1 amide bonds. The molecular weight excluding hydrogens is 524 g/mol. The molecular formula is C35H38N4O3. The number of fused-ring (bicyclic) bond motifs is 3. The van der Waals surface area contributed by atoms with Crippen LogP contribution in [0.5, 0.6) is 5.75 Å². The van der Waals surface area contributed by atoms with Crippen LogP contribution in [0.2, 0.25) is 0 Å². The van der Waals surface area contributed by atoms with Crippen LogP contribution in [0.25, 0.3) is 21.5 Å². The summed E-state index contributed by atoms with van der Waals surface area (Å²) in [5, 5.41) is 19.2. The topological polar surface area (TPSA) is 70.8 Å². The average Bonchev–Trinajstić information content (AvgIpc) is 3.38. The highest BCUT2D eigenvalue weighted by atomic mass is 16.5. The normalized spacial score (nSPS) is 13.4. The zero-order valence-electron chi connectivity index (χ0n) is 24.4. The minimum atomic E-state index is -0.0468. The van der Waals surface area contributed by atoms with E-state index in [0.29, 0.717) is 31.9 Å². The summed E-state index contributed by atoms with van der Waals surface area (Å²) in [6, 6.07) is 27.1. The van der Waals surface area contributed by atoms with Crippen LogP contribution in [-0.4, -0.2) is 57.4 Å². The monoisotopic (exact) mass is 562 g/mol. The number of methoxy groups -OCH3 is 1. The molecule has 0 bridgehead atoms. The number of aromatic nitrogens is 2. The Balaban J connectivity index is 1.31. The van der Waals surface area contributed by atoms with E-state index in [-0.39, 0.29) is 12.5 Å². The second-order valence-electron chi connectivity index (χ2n) is 11.0. The van der Waals surface area contributed by atoms with Crippen LogP contribution in [-0.2, 0) is 32.6 Å². The molecule has 0 fully saturated rings. The van der Waals surface area contributed by atoms with Crippen molar-refractivity contribution in [3.63, 3.8) is 0 Å². The minimum Gasteiger partial charge on any atom is -0.496 e. The van der Waals surface area contributed by atoms with Gasteiger partial charge in [0.05, 0.1) is 20.3 Å². The van der Waals surface area contributed by atoms with Crippen LogP contribution in [0.1, 0.15) is 46.2 Å². The van der Waals surface area contributed by atoms with Crippen molar-refractivity contribution in [1.82, 2.24) is 19.6 Å². The Morgan fingerprint density at radius 1 is 0.952 bits per heavy atom. The van der Waals surface area contributed by atoms with Gasteiger partial charge in [-0.25, -0.2) is 0 Å². The summed E-state index contributed by atoms with van der Waals surface area (Å²) in [5.74, 6) is 0.824. The molecule has 0 spiro atoms. The van der Waals surface area contributed by atoms with Crippen molar-refractivity contribution >= 4 is 27.5 Å². The molecule has 0 saturated carbocycles. The van der Waals surface area contributed by atoms with Gasteiger partial charge in [-0.2, -0.15) is 5.10 Å². The summed E-state index contributed by atoms with van der Waals surface area (Å²) in [5.41, 5.74) is 4.92. The maximum atomic E-state index is 14.2. The van der Waals surface area contributed by atoms with Crippen LogP contribution < -0.4 is 4.74 Å². The molecule has 1 aliphatic rings. The SMILES string of the molecule is CCCN(Cc1cccc2ccccc12)C(=O)c1nn(CCO)c2c1CN(Cc1ccc(OC)c3ccccc13)CC2. The van der Waals surface area contributed by atoms with E-state index < -0.39 is 0 Å². The number of hydrogen-bond donors (Lipinski definition) is 1. The Kier molecular flexibility index (Phi) is 8.22. The third-order valence-electron chi connectivity index (χ3n) is 8.34. The largest absolute Gasteiger partial charge is 0.496 e. The number of aliphatic hydroxyl groups excluding tert-OH is 1. The second kappa shape index (κ2) is 12.3. The molecule has 4 aromatic carbocycles. The fraction of sp³-hybridized carbons (Fsp3) is 0.314. The lowest BCUT2D eigenvalue weighted by Gasteiger charge is -2.29. The quantitative estimate of drug-likeness (QED) is 0.233. The lowest BCUT2D eigenvalue weighted by Crippen LogP contribution is -2.34. The maximum Gasteiger partial charge on any atom is 0.275 e. The van der Waals surface area contributed by atoms with E-state index in [1.54, 1.807) is 7.11 Å². The van der Waals surface area contributed by atoms with E-state index in [4.69, 9.17) is 9.84 Å². The van der Waals surface area contributed by atoms with Gasteiger partial charge in [0.15, 0.2) is 5.69 Å². The highest BCUT2D eigenvalue weighted by Crippen LogP contribution is 2.31. The van der Waals surface area contributed by atoms with Crippen molar-refractivity contribution < 1.29 is 14.6 Å². The second-order valence-corrected chi connectivity index (χ2v) is 11.0. The lowest BCUT2D eigenvalue weighted by atomic mass is 10.00. The summed E-state index contributed by atoms with van der Waals surface area (Å²) in [4.78, 5) is 18.6. The third-order valence-corrected chi connectivity index (χ3v) is 8.34. The Bertz CT molecular complexity index is 1720. The molecule has 6 rings (SSSR count). The van der Waals surface area contributed by atoms with Gasteiger partial charge in [-0.3, -0.25) is 14.4 Å². The van der Waals surface area contributed by atoms with Crippen molar-refractivity contribution in [2.24, 2.45) is 0 Å². The van der Waals surface area contributed by atoms with Gasteiger partial charge in [0, 0.05) is 55.8 Å². The zero-order valence-corrected chi connectivity index (χ0v) is 24.4. The molecule has 0 aliphatic carbocycles. The number of amides is 1. The van der Waals surface area contributed by atoms with Crippen LogP contribution in [0.3, 0.4) is 0 Å². The first-order valence-corrected chi connectivity index (χ1v) is 14.8. The van der Waals surface area contributed by atoms with Crippen LogP contribution >= 0.6 is 0 Å². The van der Waals surface area contributed by atoms with Crippen molar-refractivity contribution in [2.75, 3.05) is 26.8 Å². The number of rotatable bonds is 10. The van der Waals surface area contributed by atoms with Gasteiger partial charge in [-0.05, 0) is 39.8 Å². The predicted octanol–water partition coefficient (Wildman–Crippen LogP) is 5.80. The molecule has 5 aromatic rings. The van der Waals surface area contributed by atoms with Crippen molar-refractivity contribution in [3.8, 4) is 5.75 Å². The molecule has 1 aromatic heterocycles. The Morgan fingerprint density at radius 3 is 2.50 bits per heavy atom. The molecule has 0 saturated heterocycles. The van der Waals surface area contributed by atoms with Crippen LogP contribution in [0.15, 0.2) is 78.9 Å². The Labute approximate surface area is 246 Å². The minimum absolute atomic E-state index is 0.0159. The molecule has 42 heavy (non-hydrogen) atoms. The van der Waals surface area contributed by atoms with Crippen LogP contribution in [0, 0.1) is 0 Å². The van der Waals surface area contributed by atoms with Gasteiger partial charge in [0.2, 0.25) is 0 Å². The first kappa shape index (κ1) is 27.9. The molecule has 2 heterocycles. The molecule has 0 radical (unpaired) electrons. The number of ether oxygens (including phenoxy) is 1. The van der Waals surface area contributed by atoms with Gasteiger partial charge in [-0.1, -0.05) is 79.7 Å². The van der Waals surface area contributed by atoms with E-state index in [9.17, 15) is 9.90 Å². The summed E-state index contributed by atoms with van der Waals surface area (Å²) >= 11 is 0. The van der Waals surface area contributed by atoms with Crippen molar-refractivity contribution in [1.29, 1.82) is 0 Å². The standard InChI is InChI=1S/C35H38N4O3/c1-3-18-38(23-26-11-8-10-25-9-4-5-12-28(25)26)35(41)34-31-24-37(19-17-32(31)39(36-34)20-21-40)22-27-15-16-33(42-2)30-14-7-6-13-29(27)30/h4-16,40H,3,17-24H2,1-2H3. The molecule has 7 nitrogen and oxygen atoms in total. The predicted molar refractivity (Wildman–Crippen MR) is 167 cm³/mol. The van der Waals surface area contributed by atoms with Crippen LogP contribution in [0.4, 0.5) is 0 Å². The summed E-state index contributed by atoms with van der Waals surface area (Å²) < 4.78 is 7.46.